The first-order valence-corrected chi connectivity index (χ1v) is 8.44. The van der Waals surface area contributed by atoms with Crippen LogP contribution in [0.5, 0.6) is 5.75 Å². The van der Waals surface area contributed by atoms with Gasteiger partial charge in [0.25, 0.3) is 0 Å². The normalized spacial score (nSPS) is 15.2. The van der Waals surface area contributed by atoms with Crippen LogP contribution in [0.15, 0.2) is 48.7 Å². The molecular weight excluding hydrogens is 319 g/mol. The zero-order valence-corrected chi connectivity index (χ0v) is 13.7. The molecule has 5 nitrogen and oxygen atoms in total. The van der Waals surface area contributed by atoms with Gasteiger partial charge in [0.05, 0.1) is 0 Å². The molecule has 25 heavy (non-hydrogen) atoms. The number of rotatable bonds is 4. The fourth-order valence-electron chi connectivity index (χ4n) is 2.94. The second-order valence-corrected chi connectivity index (χ2v) is 6.09. The smallest absolute Gasteiger partial charge is 0.227 e. The molecule has 1 saturated heterocycles. The molecule has 128 valence electrons. The minimum atomic E-state index is -0.275. The van der Waals surface area contributed by atoms with Gasteiger partial charge in [0.1, 0.15) is 23.2 Å². The molecule has 2 aromatic carbocycles. The third-order valence-electron chi connectivity index (χ3n) is 4.25. The number of nitrogens with zero attached hydrogens (tertiary/aromatic N) is 2. The number of piperidine rings is 1. The van der Waals surface area contributed by atoms with Crippen LogP contribution >= 0.6 is 0 Å². The van der Waals surface area contributed by atoms with Crippen LogP contribution in [0.2, 0.25) is 0 Å². The first kappa shape index (κ1) is 15.8. The van der Waals surface area contributed by atoms with Crippen molar-refractivity contribution in [2.75, 3.05) is 18.4 Å². The van der Waals surface area contributed by atoms with Gasteiger partial charge in [-0.05, 0) is 56.3 Å². The summed E-state index contributed by atoms with van der Waals surface area (Å²) in [5.41, 5.74) is 1.51. The minimum Gasteiger partial charge on any atom is -0.488 e. The second-order valence-electron chi connectivity index (χ2n) is 6.09. The number of benzene rings is 2. The maximum atomic E-state index is 13.0. The van der Waals surface area contributed by atoms with Crippen molar-refractivity contribution in [2.24, 2.45) is 0 Å². The number of hydrogen-bond donors (Lipinski definition) is 2. The van der Waals surface area contributed by atoms with E-state index in [2.05, 4.69) is 20.6 Å². The Kier molecular flexibility index (Phi) is 4.43. The summed E-state index contributed by atoms with van der Waals surface area (Å²) in [5.74, 6) is 0.956. The first-order valence-electron chi connectivity index (χ1n) is 8.44. The van der Waals surface area contributed by atoms with Crippen molar-refractivity contribution in [2.45, 2.75) is 18.9 Å². The third-order valence-corrected chi connectivity index (χ3v) is 4.25. The van der Waals surface area contributed by atoms with Gasteiger partial charge in [-0.25, -0.2) is 14.4 Å². The molecule has 0 aliphatic carbocycles. The van der Waals surface area contributed by atoms with Crippen LogP contribution in [0, 0.1) is 5.82 Å². The molecule has 2 heterocycles. The molecule has 0 unspecified atom stereocenters. The van der Waals surface area contributed by atoms with E-state index in [1.54, 1.807) is 18.3 Å². The maximum Gasteiger partial charge on any atom is 0.227 e. The highest BCUT2D eigenvalue weighted by atomic mass is 19.1. The van der Waals surface area contributed by atoms with Gasteiger partial charge in [-0.1, -0.05) is 12.1 Å². The van der Waals surface area contributed by atoms with Gasteiger partial charge >= 0.3 is 0 Å². The highest BCUT2D eigenvalue weighted by Gasteiger charge is 2.16. The lowest BCUT2D eigenvalue weighted by Crippen LogP contribution is -2.34. The molecule has 2 N–H and O–H groups in total. The standard InChI is InChI=1S/C19H19FN4O/c20-14-4-6-15(7-5-14)23-19-22-12-13-2-1-3-17(18(13)24-19)25-16-8-10-21-11-9-16/h1-7,12,16,21H,8-11H2,(H,22,23,24). The Bertz CT molecular complexity index is 863. The largest absolute Gasteiger partial charge is 0.488 e. The zero-order chi connectivity index (χ0) is 17.1. The fraction of sp³-hybridized carbons (Fsp3) is 0.263. The Hall–Kier alpha value is -2.73. The highest BCUT2D eigenvalue weighted by molar-refractivity contribution is 5.84. The first-order chi connectivity index (χ1) is 12.3. The maximum absolute atomic E-state index is 13.0. The number of ether oxygens (including phenoxy) is 1. The number of anilines is 2. The van der Waals surface area contributed by atoms with Gasteiger partial charge in [-0.2, -0.15) is 0 Å². The van der Waals surface area contributed by atoms with E-state index in [1.807, 2.05) is 18.2 Å². The predicted octanol–water partition coefficient (Wildman–Crippen LogP) is 3.64. The van der Waals surface area contributed by atoms with E-state index >= 15 is 0 Å². The molecule has 0 amide bonds. The van der Waals surface area contributed by atoms with Crippen LogP contribution < -0.4 is 15.4 Å². The Morgan fingerprint density at radius 1 is 1.08 bits per heavy atom. The number of halogens is 1. The van der Waals surface area contributed by atoms with E-state index in [1.165, 1.54) is 12.1 Å². The molecule has 0 spiro atoms. The summed E-state index contributed by atoms with van der Waals surface area (Å²) in [4.78, 5) is 8.93. The minimum absolute atomic E-state index is 0.204. The number of aromatic nitrogens is 2. The lowest BCUT2D eigenvalue weighted by atomic mass is 10.1. The van der Waals surface area contributed by atoms with Crippen molar-refractivity contribution in [3.05, 3.63) is 54.5 Å². The van der Waals surface area contributed by atoms with Crippen LogP contribution in [-0.4, -0.2) is 29.2 Å². The summed E-state index contributed by atoms with van der Waals surface area (Å²) in [6.45, 7) is 1.95. The molecule has 0 saturated carbocycles. The van der Waals surface area contributed by atoms with Gasteiger partial charge in [0.15, 0.2) is 0 Å². The second kappa shape index (κ2) is 7.03. The van der Waals surface area contributed by atoms with E-state index in [0.717, 1.165) is 48.3 Å². The number of nitrogens with one attached hydrogen (secondary N) is 2. The van der Waals surface area contributed by atoms with E-state index in [9.17, 15) is 4.39 Å². The molecule has 0 bridgehead atoms. The van der Waals surface area contributed by atoms with Gasteiger partial charge in [0, 0.05) is 17.3 Å². The molecule has 1 fully saturated rings. The molecular formula is C19H19FN4O. The third kappa shape index (κ3) is 3.69. The van der Waals surface area contributed by atoms with E-state index in [-0.39, 0.29) is 11.9 Å². The molecule has 1 aliphatic rings. The Labute approximate surface area is 145 Å². The van der Waals surface area contributed by atoms with Gasteiger partial charge in [0.2, 0.25) is 5.95 Å². The van der Waals surface area contributed by atoms with E-state index < -0.39 is 0 Å². The number of fused-ring (bicyclic) bond motifs is 1. The molecule has 0 radical (unpaired) electrons. The molecule has 4 rings (SSSR count). The summed E-state index contributed by atoms with van der Waals surface area (Å²) in [7, 11) is 0. The molecule has 6 heteroatoms. The summed E-state index contributed by atoms with van der Waals surface area (Å²) in [6, 6.07) is 12.0. The topological polar surface area (TPSA) is 59.1 Å². The van der Waals surface area contributed by atoms with Crippen molar-refractivity contribution in [3.63, 3.8) is 0 Å². The van der Waals surface area contributed by atoms with E-state index in [4.69, 9.17) is 4.74 Å². The lowest BCUT2D eigenvalue weighted by molar-refractivity contribution is 0.164. The van der Waals surface area contributed by atoms with Gasteiger partial charge in [-0.15, -0.1) is 0 Å². The number of hydrogen-bond acceptors (Lipinski definition) is 5. The van der Waals surface area contributed by atoms with Crippen LogP contribution in [-0.2, 0) is 0 Å². The summed E-state index contributed by atoms with van der Waals surface area (Å²) in [5, 5.41) is 7.36. The Balaban J connectivity index is 1.61. The van der Waals surface area contributed by atoms with E-state index in [0.29, 0.717) is 5.95 Å². The van der Waals surface area contributed by atoms with Gasteiger partial charge in [-0.3, -0.25) is 0 Å². The van der Waals surface area contributed by atoms with Crippen molar-refractivity contribution >= 4 is 22.5 Å². The lowest BCUT2D eigenvalue weighted by Gasteiger charge is -2.24. The van der Waals surface area contributed by atoms with Crippen molar-refractivity contribution in [1.29, 1.82) is 0 Å². The SMILES string of the molecule is Fc1ccc(Nc2ncc3cccc(OC4CCNCC4)c3n2)cc1. The molecule has 1 aromatic heterocycles. The van der Waals surface area contributed by atoms with Crippen LogP contribution in [0.1, 0.15) is 12.8 Å². The average Bonchev–Trinajstić information content (AvgIpc) is 2.65. The predicted molar refractivity (Wildman–Crippen MR) is 95.7 cm³/mol. The quantitative estimate of drug-likeness (QED) is 0.760. The highest BCUT2D eigenvalue weighted by Crippen LogP contribution is 2.27. The molecule has 1 aliphatic heterocycles. The van der Waals surface area contributed by atoms with Crippen LogP contribution in [0.4, 0.5) is 16.0 Å². The van der Waals surface area contributed by atoms with Crippen molar-refractivity contribution in [3.8, 4) is 5.75 Å². The Morgan fingerprint density at radius 3 is 2.68 bits per heavy atom. The summed E-state index contributed by atoms with van der Waals surface area (Å²) < 4.78 is 19.2. The average molecular weight is 338 g/mol. The van der Waals surface area contributed by atoms with Crippen LogP contribution in [0.3, 0.4) is 0 Å². The fourth-order valence-corrected chi connectivity index (χ4v) is 2.94. The Morgan fingerprint density at radius 2 is 1.88 bits per heavy atom. The van der Waals surface area contributed by atoms with Crippen LogP contribution in [0.25, 0.3) is 10.9 Å². The van der Waals surface area contributed by atoms with Crippen molar-refractivity contribution in [1.82, 2.24) is 15.3 Å². The molecule has 3 aromatic rings. The monoisotopic (exact) mass is 338 g/mol. The van der Waals surface area contributed by atoms with Gasteiger partial charge < -0.3 is 15.4 Å². The summed E-state index contributed by atoms with van der Waals surface area (Å²) in [6.07, 6.45) is 3.95. The van der Waals surface area contributed by atoms with Crippen molar-refractivity contribution < 1.29 is 9.13 Å². The molecule has 0 atom stereocenters. The zero-order valence-electron chi connectivity index (χ0n) is 13.7. The summed E-state index contributed by atoms with van der Waals surface area (Å²) >= 11 is 0. The number of para-hydroxylation sites is 1.